The third-order valence-corrected chi connectivity index (χ3v) is 6.67. The van der Waals surface area contributed by atoms with E-state index in [0.717, 1.165) is 38.5 Å². The van der Waals surface area contributed by atoms with E-state index in [1.54, 1.807) is 26.4 Å². The van der Waals surface area contributed by atoms with Crippen LogP contribution in [0.1, 0.15) is 30.1 Å². The number of anilines is 1. The van der Waals surface area contributed by atoms with Crippen LogP contribution < -0.4 is 14.4 Å². The molecule has 0 amide bonds. The van der Waals surface area contributed by atoms with Gasteiger partial charge in [0, 0.05) is 49.6 Å². The number of carbonyl (C=O) groups is 1. The van der Waals surface area contributed by atoms with Gasteiger partial charge in [-0.3, -0.25) is 9.69 Å². The van der Waals surface area contributed by atoms with Gasteiger partial charge >= 0.3 is 0 Å². The van der Waals surface area contributed by atoms with Crippen molar-refractivity contribution in [2.24, 2.45) is 0 Å². The Bertz CT molecular complexity index is 841. The molecule has 7 heteroatoms. The Morgan fingerprint density at radius 2 is 1.71 bits per heavy atom. The fourth-order valence-electron chi connectivity index (χ4n) is 3.68. The maximum atomic E-state index is 12.6. The van der Waals surface area contributed by atoms with Gasteiger partial charge in [0.1, 0.15) is 0 Å². The summed E-state index contributed by atoms with van der Waals surface area (Å²) in [5, 5.41) is 0. The van der Waals surface area contributed by atoms with Crippen LogP contribution in [-0.2, 0) is 0 Å². The number of halogens is 1. The quantitative estimate of drug-likeness (QED) is 0.363. The van der Waals surface area contributed by atoms with Crippen molar-refractivity contribution in [1.82, 2.24) is 4.90 Å². The Kier molecular flexibility index (Phi) is 10.5. The lowest BCUT2D eigenvalue weighted by Crippen LogP contribution is -2.47. The molecule has 1 saturated heterocycles. The van der Waals surface area contributed by atoms with Crippen LogP contribution in [0.15, 0.2) is 47.4 Å². The molecular weight excluding hydrogens is 432 g/mol. The molecule has 0 atom stereocenters. The molecule has 1 aliphatic heterocycles. The molecule has 0 radical (unpaired) electrons. The highest BCUT2D eigenvalue weighted by molar-refractivity contribution is 7.99. The smallest absolute Gasteiger partial charge is 0.164 e. The van der Waals surface area contributed by atoms with Gasteiger partial charge in [-0.25, -0.2) is 0 Å². The van der Waals surface area contributed by atoms with Gasteiger partial charge in [0.25, 0.3) is 0 Å². The maximum absolute atomic E-state index is 12.6. The van der Waals surface area contributed by atoms with Crippen molar-refractivity contribution < 1.29 is 14.3 Å². The van der Waals surface area contributed by atoms with Gasteiger partial charge in [0.05, 0.1) is 19.9 Å². The Hall–Kier alpha value is -1.89. The number of para-hydroxylation sites is 1. The van der Waals surface area contributed by atoms with E-state index in [4.69, 9.17) is 9.47 Å². The monoisotopic (exact) mass is 464 g/mol. The highest BCUT2D eigenvalue weighted by Crippen LogP contribution is 2.31. The van der Waals surface area contributed by atoms with Crippen molar-refractivity contribution in [2.75, 3.05) is 57.6 Å². The first kappa shape index (κ1) is 25.4. The minimum atomic E-state index is 0. The summed E-state index contributed by atoms with van der Waals surface area (Å²) in [7, 11) is 3.18. The molecule has 0 bridgehead atoms. The van der Waals surface area contributed by atoms with Crippen molar-refractivity contribution in [3.8, 4) is 11.5 Å². The number of rotatable bonds is 10. The molecule has 0 aromatic heterocycles. The lowest BCUT2D eigenvalue weighted by atomic mass is 10.1. The zero-order valence-electron chi connectivity index (χ0n) is 18.6. The van der Waals surface area contributed by atoms with E-state index in [9.17, 15) is 4.79 Å². The predicted octanol–water partition coefficient (Wildman–Crippen LogP) is 5.02. The van der Waals surface area contributed by atoms with Gasteiger partial charge in [0.15, 0.2) is 17.3 Å². The van der Waals surface area contributed by atoms with Crippen molar-refractivity contribution in [2.45, 2.75) is 24.7 Å². The number of nitrogens with zero attached hydrogens (tertiary/aromatic N) is 2. The Balaban J connectivity index is 0.00000341. The van der Waals surface area contributed by atoms with Gasteiger partial charge in [0.2, 0.25) is 0 Å². The molecule has 1 heterocycles. The highest BCUT2D eigenvalue weighted by atomic mass is 35.5. The summed E-state index contributed by atoms with van der Waals surface area (Å²) in [4.78, 5) is 18.9. The van der Waals surface area contributed by atoms with Crippen LogP contribution in [-0.4, -0.2) is 63.4 Å². The minimum absolute atomic E-state index is 0. The molecule has 2 aromatic carbocycles. The summed E-state index contributed by atoms with van der Waals surface area (Å²) in [6.45, 7) is 6.95. The van der Waals surface area contributed by atoms with Crippen LogP contribution in [0.3, 0.4) is 0 Å². The molecule has 0 saturated carbocycles. The highest BCUT2D eigenvalue weighted by Gasteiger charge is 2.20. The van der Waals surface area contributed by atoms with Crippen LogP contribution in [0.5, 0.6) is 11.5 Å². The fraction of sp³-hybridized carbons (Fsp3) is 0.458. The topological polar surface area (TPSA) is 42.0 Å². The Morgan fingerprint density at radius 3 is 2.39 bits per heavy atom. The van der Waals surface area contributed by atoms with E-state index in [-0.39, 0.29) is 18.2 Å². The number of hydrogen-bond acceptors (Lipinski definition) is 6. The van der Waals surface area contributed by atoms with Gasteiger partial charge < -0.3 is 14.4 Å². The molecule has 5 nitrogen and oxygen atoms in total. The van der Waals surface area contributed by atoms with Crippen LogP contribution in [0.2, 0.25) is 0 Å². The zero-order chi connectivity index (χ0) is 21.3. The average Bonchev–Trinajstić information content (AvgIpc) is 2.81. The van der Waals surface area contributed by atoms with Gasteiger partial charge in [-0.15, -0.1) is 24.2 Å². The van der Waals surface area contributed by atoms with Crippen molar-refractivity contribution in [1.29, 1.82) is 0 Å². The normalized spacial score (nSPS) is 14.1. The summed E-state index contributed by atoms with van der Waals surface area (Å²) in [6.07, 6.45) is 1.69. The van der Waals surface area contributed by atoms with Gasteiger partial charge in [-0.05, 0) is 42.5 Å². The van der Waals surface area contributed by atoms with E-state index in [1.807, 2.05) is 17.8 Å². The number of benzene rings is 2. The average molecular weight is 465 g/mol. The second-order valence-electron chi connectivity index (χ2n) is 7.39. The van der Waals surface area contributed by atoms with Crippen LogP contribution >= 0.6 is 24.2 Å². The summed E-state index contributed by atoms with van der Waals surface area (Å²) < 4.78 is 10.6. The van der Waals surface area contributed by atoms with E-state index < -0.39 is 0 Å². The molecule has 170 valence electrons. The van der Waals surface area contributed by atoms with E-state index in [0.29, 0.717) is 23.5 Å². The lowest BCUT2D eigenvalue weighted by Gasteiger charge is -2.36. The number of carbonyl (C=O) groups excluding carboxylic acids is 1. The molecule has 0 spiro atoms. The predicted molar refractivity (Wildman–Crippen MR) is 132 cm³/mol. The van der Waals surface area contributed by atoms with Crippen LogP contribution in [0, 0.1) is 0 Å². The van der Waals surface area contributed by atoms with Crippen LogP contribution in [0.4, 0.5) is 5.69 Å². The zero-order valence-corrected chi connectivity index (χ0v) is 20.3. The second-order valence-corrected chi connectivity index (χ2v) is 8.52. The molecule has 1 aliphatic rings. The maximum Gasteiger partial charge on any atom is 0.164 e. The summed E-state index contributed by atoms with van der Waals surface area (Å²) in [5.74, 6) is 2.52. The first-order valence-electron chi connectivity index (χ1n) is 10.6. The van der Waals surface area contributed by atoms with E-state index in [2.05, 4.69) is 41.0 Å². The molecule has 0 unspecified atom stereocenters. The first-order valence-corrected chi connectivity index (χ1v) is 11.6. The Morgan fingerprint density at radius 1 is 1.00 bits per heavy atom. The van der Waals surface area contributed by atoms with Crippen LogP contribution in [0.25, 0.3) is 0 Å². The standard InChI is InChI=1S/C24H32N2O3S.ClH/c1-4-17-30-24-8-6-5-7-20(24)26-15-13-25(14-16-26)12-11-21(27)19-9-10-22(28-2)23(18-19)29-3;/h5-10,18H,4,11-17H2,1-3H3;1H. The summed E-state index contributed by atoms with van der Waals surface area (Å²) >= 11 is 1.94. The number of methoxy groups -OCH3 is 2. The number of piperazine rings is 1. The summed E-state index contributed by atoms with van der Waals surface area (Å²) in [6, 6.07) is 14.1. The van der Waals surface area contributed by atoms with E-state index >= 15 is 0 Å². The molecule has 31 heavy (non-hydrogen) atoms. The third-order valence-electron chi connectivity index (χ3n) is 5.40. The number of thioether (sulfide) groups is 1. The lowest BCUT2D eigenvalue weighted by molar-refractivity contribution is 0.0962. The minimum Gasteiger partial charge on any atom is -0.493 e. The number of ketones is 1. The number of ether oxygens (including phenoxy) is 2. The second kappa shape index (κ2) is 12.8. The molecule has 3 rings (SSSR count). The molecule has 2 aromatic rings. The number of Topliss-reactive ketones (excluding diaryl/α,β-unsaturated/α-hetero) is 1. The molecular formula is C24H33ClN2O3S. The number of hydrogen-bond donors (Lipinski definition) is 0. The first-order chi connectivity index (χ1) is 14.7. The van der Waals surface area contributed by atoms with E-state index in [1.165, 1.54) is 17.0 Å². The fourth-order valence-corrected chi connectivity index (χ4v) is 4.62. The Labute approximate surface area is 196 Å². The largest absolute Gasteiger partial charge is 0.493 e. The third kappa shape index (κ3) is 6.79. The molecule has 1 fully saturated rings. The van der Waals surface area contributed by atoms with Gasteiger partial charge in [-0.1, -0.05) is 19.1 Å². The summed E-state index contributed by atoms with van der Waals surface area (Å²) in [5.41, 5.74) is 2.02. The van der Waals surface area contributed by atoms with Crippen molar-refractivity contribution in [3.63, 3.8) is 0 Å². The van der Waals surface area contributed by atoms with Crippen molar-refractivity contribution in [3.05, 3.63) is 48.0 Å². The van der Waals surface area contributed by atoms with Gasteiger partial charge in [-0.2, -0.15) is 0 Å². The molecule has 0 N–H and O–H groups in total. The SMILES string of the molecule is CCCSc1ccccc1N1CCN(CCC(=O)c2ccc(OC)c(OC)c2)CC1.Cl. The van der Waals surface area contributed by atoms with Crippen molar-refractivity contribution >= 4 is 35.6 Å². The molecule has 0 aliphatic carbocycles.